The van der Waals surface area contributed by atoms with Crippen molar-refractivity contribution in [1.29, 1.82) is 0 Å². The standard InChI is InChI=1S/C17H21ClN2O5S/c1-24-11-9-20(10-12-25-2)17(21)19-15-7-3-6-14-13(15)5-4-8-16(14)26(18,22)23/h3-8H,9-12H2,1-2H3,(H,19,21). The van der Waals surface area contributed by atoms with Crippen molar-refractivity contribution in [2.24, 2.45) is 0 Å². The minimum absolute atomic E-state index is 0.00314. The van der Waals surface area contributed by atoms with Crippen LogP contribution in [0, 0.1) is 0 Å². The Balaban J connectivity index is 2.33. The number of ether oxygens (including phenoxy) is 2. The quantitative estimate of drug-likeness (QED) is 0.688. The van der Waals surface area contributed by atoms with E-state index in [1.165, 1.54) is 6.07 Å². The Hall–Kier alpha value is -1.87. The van der Waals surface area contributed by atoms with Crippen LogP contribution < -0.4 is 5.32 Å². The SMILES string of the molecule is COCCN(CCOC)C(=O)Nc1cccc2c(S(=O)(=O)Cl)cccc12. The molecule has 9 heteroatoms. The lowest BCUT2D eigenvalue weighted by Crippen LogP contribution is -2.39. The molecule has 0 aliphatic heterocycles. The summed E-state index contributed by atoms with van der Waals surface area (Å²) in [5, 5.41) is 3.85. The molecule has 1 N–H and O–H groups in total. The van der Waals surface area contributed by atoms with Crippen molar-refractivity contribution in [2.75, 3.05) is 45.8 Å². The number of rotatable bonds is 8. The van der Waals surface area contributed by atoms with Gasteiger partial charge in [-0.25, -0.2) is 13.2 Å². The molecular formula is C17H21ClN2O5S. The third-order valence-electron chi connectivity index (χ3n) is 3.80. The van der Waals surface area contributed by atoms with Crippen molar-refractivity contribution < 1.29 is 22.7 Å². The van der Waals surface area contributed by atoms with Gasteiger partial charge in [0.25, 0.3) is 9.05 Å². The Morgan fingerprint density at radius 1 is 1.04 bits per heavy atom. The topological polar surface area (TPSA) is 84.9 Å². The summed E-state index contributed by atoms with van der Waals surface area (Å²) >= 11 is 0. The van der Waals surface area contributed by atoms with Crippen molar-refractivity contribution in [3.8, 4) is 0 Å². The number of hydrogen-bond donors (Lipinski definition) is 1. The molecule has 0 radical (unpaired) electrons. The fourth-order valence-corrected chi connectivity index (χ4v) is 3.60. The number of urea groups is 1. The summed E-state index contributed by atoms with van der Waals surface area (Å²) in [5.41, 5.74) is 0.495. The van der Waals surface area contributed by atoms with Crippen LogP contribution in [0.3, 0.4) is 0 Å². The number of amides is 2. The van der Waals surface area contributed by atoms with E-state index in [2.05, 4.69) is 5.32 Å². The van der Waals surface area contributed by atoms with E-state index in [4.69, 9.17) is 20.2 Å². The maximum atomic E-state index is 12.6. The highest BCUT2D eigenvalue weighted by molar-refractivity contribution is 8.14. The highest BCUT2D eigenvalue weighted by Crippen LogP contribution is 2.30. The van der Waals surface area contributed by atoms with Crippen molar-refractivity contribution in [3.63, 3.8) is 0 Å². The first-order valence-corrected chi connectivity index (χ1v) is 10.2. The molecule has 142 valence electrons. The van der Waals surface area contributed by atoms with E-state index in [1.807, 2.05) is 0 Å². The first-order valence-electron chi connectivity index (χ1n) is 7.88. The Kier molecular flexibility index (Phi) is 7.22. The molecule has 0 spiro atoms. The average Bonchev–Trinajstić information content (AvgIpc) is 2.60. The maximum Gasteiger partial charge on any atom is 0.322 e. The summed E-state index contributed by atoms with van der Waals surface area (Å²) in [6.07, 6.45) is 0. The summed E-state index contributed by atoms with van der Waals surface area (Å²) in [7, 11) is 4.73. The number of methoxy groups -OCH3 is 2. The molecule has 2 rings (SSSR count). The van der Waals surface area contributed by atoms with Crippen molar-refractivity contribution in [2.45, 2.75) is 4.90 Å². The van der Waals surface area contributed by atoms with Gasteiger partial charge in [-0.3, -0.25) is 0 Å². The number of nitrogens with one attached hydrogen (secondary N) is 1. The number of benzene rings is 2. The van der Waals surface area contributed by atoms with Gasteiger partial charge in [0.15, 0.2) is 0 Å². The van der Waals surface area contributed by atoms with Gasteiger partial charge in [0.05, 0.1) is 23.8 Å². The molecule has 26 heavy (non-hydrogen) atoms. The van der Waals surface area contributed by atoms with Gasteiger partial charge in [-0.1, -0.05) is 24.3 Å². The largest absolute Gasteiger partial charge is 0.383 e. The maximum absolute atomic E-state index is 12.6. The van der Waals surface area contributed by atoms with Gasteiger partial charge >= 0.3 is 6.03 Å². The van der Waals surface area contributed by atoms with Crippen LogP contribution in [0.25, 0.3) is 10.8 Å². The van der Waals surface area contributed by atoms with Gasteiger partial charge in [0, 0.05) is 48.8 Å². The number of carbonyl (C=O) groups is 1. The molecule has 0 unspecified atom stereocenters. The van der Waals surface area contributed by atoms with E-state index in [0.29, 0.717) is 42.8 Å². The zero-order valence-corrected chi connectivity index (χ0v) is 16.1. The first-order chi connectivity index (χ1) is 12.4. The molecule has 0 saturated carbocycles. The number of anilines is 1. The van der Waals surface area contributed by atoms with E-state index in [0.717, 1.165) is 0 Å². The molecule has 0 heterocycles. The van der Waals surface area contributed by atoms with E-state index < -0.39 is 9.05 Å². The van der Waals surface area contributed by atoms with Crippen LogP contribution in [-0.4, -0.2) is 59.9 Å². The highest BCUT2D eigenvalue weighted by atomic mass is 35.7. The second-order valence-corrected chi connectivity index (χ2v) is 8.03. The molecule has 0 atom stereocenters. The number of carbonyl (C=O) groups excluding carboxylic acids is 1. The summed E-state index contributed by atoms with van der Waals surface area (Å²) in [5.74, 6) is 0. The normalized spacial score (nSPS) is 11.5. The predicted molar refractivity (Wildman–Crippen MR) is 101 cm³/mol. The first kappa shape index (κ1) is 20.4. The fourth-order valence-electron chi connectivity index (χ4n) is 2.51. The Morgan fingerprint density at radius 3 is 2.19 bits per heavy atom. The van der Waals surface area contributed by atoms with Gasteiger partial charge in [0.2, 0.25) is 0 Å². The van der Waals surface area contributed by atoms with Crippen LogP contribution in [0.1, 0.15) is 0 Å². The molecule has 7 nitrogen and oxygen atoms in total. The number of hydrogen-bond acceptors (Lipinski definition) is 5. The van der Waals surface area contributed by atoms with Crippen LogP contribution in [0.4, 0.5) is 10.5 Å². The Morgan fingerprint density at radius 2 is 1.62 bits per heavy atom. The van der Waals surface area contributed by atoms with Gasteiger partial charge in [0.1, 0.15) is 0 Å². The minimum atomic E-state index is -3.90. The molecule has 2 amide bonds. The third-order valence-corrected chi connectivity index (χ3v) is 5.18. The number of nitrogens with zero attached hydrogens (tertiary/aromatic N) is 1. The number of fused-ring (bicyclic) bond motifs is 1. The molecule has 0 fully saturated rings. The van der Waals surface area contributed by atoms with Gasteiger partial charge in [-0.05, 0) is 12.1 Å². The van der Waals surface area contributed by atoms with Crippen LogP contribution in [-0.2, 0) is 18.5 Å². The Bertz CT molecular complexity index is 865. The van der Waals surface area contributed by atoms with E-state index in [1.54, 1.807) is 49.5 Å². The second-order valence-electron chi connectivity index (χ2n) is 5.50. The zero-order chi connectivity index (χ0) is 19.2. The van der Waals surface area contributed by atoms with E-state index in [9.17, 15) is 13.2 Å². The van der Waals surface area contributed by atoms with Crippen LogP contribution in [0.5, 0.6) is 0 Å². The van der Waals surface area contributed by atoms with Crippen LogP contribution in [0.15, 0.2) is 41.3 Å². The number of halogens is 1. The second kappa shape index (κ2) is 9.18. The molecule has 2 aromatic carbocycles. The average molecular weight is 401 g/mol. The zero-order valence-electron chi connectivity index (χ0n) is 14.6. The molecule has 2 aromatic rings. The third kappa shape index (κ3) is 5.07. The summed E-state index contributed by atoms with van der Waals surface area (Å²) in [4.78, 5) is 14.2. The van der Waals surface area contributed by atoms with E-state index in [-0.39, 0.29) is 10.9 Å². The molecule has 0 aromatic heterocycles. The highest BCUT2D eigenvalue weighted by Gasteiger charge is 2.17. The monoisotopic (exact) mass is 400 g/mol. The predicted octanol–water partition coefficient (Wildman–Crippen LogP) is 2.89. The van der Waals surface area contributed by atoms with Crippen molar-refractivity contribution in [3.05, 3.63) is 36.4 Å². The fraction of sp³-hybridized carbons (Fsp3) is 0.353. The van der Waals surface area contributed by atoms with Crippen LogP contribution >= 0.6 is 10.7 Å². The molecule has 0 aliphatic carbocycles. The molecule has 0 bridgehead atoms. The van der Waals surface area contributed by atoms with Crippen molar-refractivity contribution >= 4 is 42.2 Å². The smallest absolute Gasteiger partial charge is 0.322 e. The summed E-state index contributed by atoms with van der Waals surface area (Å²) in [6, 6.07) is 9.43. The van der Waals surface area contributed by atoms with Gasteiger partial charge in [-0.2, -0.15) is 0 Å². The minimum Gasteiger partial charge on any atom is -0.383 e. The molecule has 0 aliphatic rings. The lowest BCUT2D eigenvalue weighted by atomic mass is 10.1. The lowest BCUT2D eigenvalue weighted by Gasteiger charge is -2.23. The molecular weight excluding hydrogens is 380 g/mol. The van der Waals surface area contributed by atoms with E-state index >= 15 is 0 Å². The summed E-state index contributed by atoms with van der Waals surface area (Å²) < 4.78 is 33.6. The molecule has 0 saturated heterocycles. The lowest BCUT2D eigenvalue weighted by molar-refractivity contribution is 0.127. The van der Waals surface area contributed by atoms with Gasteiger partial charge in [-0.15, -0.1) is 0 Å². The Labute approximate surface area is 157 Å². The summed E-state index contributed by atoms with van der Waals surface area (Å²) in [6.45, 7) is 1.58. The van der Waals surface area contributed by atoms with Crippen LogP contribution in [0.2, 0.25) is 0 Å². The van der Waals surface area contributed by atoms with Crippen molar-refractivity contribution in [1.82, 2.24) is 4.90 Å². The van der Waals surface area contributed by atoms with Gasteiger partial charge < -0.3 is 19.7 Å².